The van der Waals surface area contributed by atoms with Crippen molar-refractivity contribution in [3.63, 3.8) is 0 Å². The molecule has 0 amide bonds. The van der Waals surface area contributed by atoms with E-state index >= 15 is 0 Å². The SMILES string of the molecule is O=[N+]([O-])c1ccc(Sc2ccc(O)cc2)cc1. The molecule has 0 atom stereocenters. The summed E-state index contributed by atoms with van der Waals surface area (Å²) < 4.78 is 0. The van der Waals surface area contributed by atoms with Gasteiger partial charge in [0.2, 0.25) is 0 Å². The Balaban J connectivity index is 2.13. The number of phenolic OH excluding ortho intramolecular Hbond substituents is 1. The third-order valence-corrected chi connectivity index (χ3v) is 3.14. The highest BCUT2D eigenvalue weighted by molar-refractivity contribution is 7.99. The number of non-ortho nitro benzene ring substituents is 1. The predicted molar refractivity (Wildman–Crippen MR) is 65.3 cm³/mol. The summed E-state index contributed by atoms with van der Waals surface area (Å²) in [7, 11) is 0. The van der Waals surface area contributed by atoms with Crippen molar-refractivity contribution in [2.45, 2.75) is 9.79 Å². The third kappa shape index (κ3) is 2.98. The topological polar surface area (TPSA) is 63.4 Å². The minimum Gasteiger partial charge on any atom is -0.508 e. The van der Waals surface area contributed by atoms with E-state index in [4.69, 9.17) is 5.11 Å². The lowest BCUT2D eigenvalue weighted by atomic mass is 10.3. The van der Waals surface area contributed by atoms with Crippen LogP contribution in [-0.2, 0) is 0 Å². The second-order valence-corrected chi connectivity index (χ2v) is 4.49. The van der Waals surface area contributed by atoms with Gasteiger partial charge in [0.25, 0.3) is 5.69 Å². The molecule has 2 aromatic rings. The maximum Gasteiger partial charge on any atom is 0.269 e. The Morgan fingerprint density at radius 1 is 0.941 bits per heavy atom. The van der Waals surface area contributed by atoms with Gasteiger partial charge < -0.3 is 5.11 Å². The van der Waals surface area contributed by atoms with Gasteiger partial charge >= 0.3 is 0 Å². The number of nitro benzene ring substituents is 1. The molecule has 0 radical (unpaired) electrons. The molecule has 0 spiro atoms. The van der Waals surface area contributed by atoms with Crippen LogP contribution in [0.3, 0.4) is 0 Å². The first kappa shape index (κ1) is 11.5. The van der Waals surface area contributed by atoms with Gasteiger partial charge in [0, 0.05) is 21.9 Å². The van der Waals surface area contributed by atoms with Crippen LogP contribution in [0.2, 0.25) is 0 Å². The molecule has 0 saturated carbocycles. The van der Waals surface area contributed by atoms with Crippen molar-refractivity contribution in [3.05, 3.63) is 58.6 Å². The second kappa shape index (κ2) is 4.88. The van der Waals surface area contributed by atoms with Crippen molar-refractivity contribution in [2.75, 3.05) is 0 Å². The molecule has 0 fully saturated rings. The Kier molecular flexibility index (Phi) is 3.30. The van der Waals surface area contributed by atoms with Gasteiger partial charge in [-0.05, 0) is 36.4 Å². The van der Waals surface area contributed by atoms with Crippen LogP contribution in [0.1, 0.15) is 0 Å². The number of phenols is 1. The van der Waals surface area contributed by atoms with Gasteiger partial charge in [0.05, 0.1) is 4.92 Å². The quantitative estimate of drug-likeness (QED) is 0.666. The number of hydrogen-bond donors (Lipinski definition) is 1. The minimum absolute atomic E-state index is 0.0834. The normalized spacial score (nSPS) is 10.1. The lowest BCUT2D eigenvalue weighted by Gasteiger charge is -2.01. The molecule has 0 aliphatic heterocycles. The molecule has 5 heteroatoms. The standard InChI is InChI=1S/C12H9NO3S/c14-10-3-7-12(8-4-10)17-11-5-1-9(2-6-11)13(15)16/h1-8,14H. The van der Waals surface area contributed by atoms with Crippen LogP contribution in [0.4, 0.5) is 5.69 Å². The number of hydrogen-bond acceptors (Lipinski definition) is 4. The van der Waals surface area contributed by atoms with E-state index in [-0.39, 0.29) is 11.4 Å². The van der Waals surface area contributed by atoms with E-state index in [2.05, 4.69) is 0 Å². The predicted octanol–water partition coefficient (Wildman–Crippen LogP) is 3.45. The van der Waals surface area contributed by atoms with E-state index in [0.29, 0.717) is 0 Å². The zero-order chi connectivity index (χ0) is 12.3. The Morgan fingerprint density at radius 2 is 1.41 bits per heavy atom. The molecule has 0 aliphatic carbocycles. The third-order valence-electron chi connectivity index (χ3n) is 2.12. The Labute approximate surface area is 102 Å². The molecule has 0 saturated heterocycles. The van der Waals surface area contributed by atoms with Gasteiger partial charge in [-0.25, -0.2) is 0 Å². The maximum absolute atomic E-state index is 10.5. The van der Waals surface area contributed by atoms with Gasteiger partial charge in [-0.1, -0.05) is 11.8 Å². The highest BCUT2D eigenvalue weighted by Gasteiger charge is 2.04. The molecule has 0 unspecified atom stereocenters. The van der Waals surface area contributed by atoms with Crippen molar-refractivity contribution >= 4 is 17.4 Å². The number of rotatable bonds is 3. The van der Waals surface area contributed by atoms with Gasteiger partial charge in [0.1, 0.15) is 5.75 Å². The van der Waals surface area contributed by atoms with Crippen LogP contribution >= 0.6 is 11.8 Å². The highest BCUT2D eigenvalue weighted by Crippen LogP contribution is 2.29. The lowest BCUT2D eigenvalue weighted by Crippen LogP contribution is -1.86. The molecule has 0 aliphatic rings. The number of nitrogens with zero attached hydrogens (tertiary/aromatic N) is 1. The van der Waals surface area contributed by atoms with E-state index in [1.165, 1.54) is 23.9 Å². The minimum atomic E-state index is -0.422. The Hall–Kier alpha value is -2.01. The van der Waals surface area contributed by atoms with Crippen LogP contribution < -0.4 is 0 Å². The average Bonchev–Trinajstić information content (AvgIpc) is 2.33. The van der Waals surface area contributed by atoms with E-state index < -0.39 is 4.92 Å². The smallest absolute Gasteiger partial charge is 0.269 e. The van der Waals surface area contributed by atoms with Gasteiger partial charge in [-0.15, -0.1) is 0 Å². The fourth-order valence-electron chi connectivity index (χ4n) is 1.29. The summed E-state index contributed by atoms with van der Waals surface area (Å²) in [6, 6.07) is 13.2. The highest BCUT2D eigenvalue weighted by atomic mass is 32.2. The first-order valence-electron chi connectivity index (χ1n) is 4.86. The summed E-state index contributed by atoms with van der Waals surface area (Å²) in [5.41, 5.74) is 0.0834. The maximum atomic E-state index is 10.5. The van der Waals surface area contributed by atoms with Crippen LogP contribution in [0.5, 0.6) is 5.75 Å². The first-order valence-corrected chi connectivity index (χ1v) is 5.68. The van der Waals surface area contributed by atoms with Crippen LogP contribution in [0.25, 0.3) is 0 Å². The summed E-state index contributed by atoms with van der Waals surface area (Å²) in [6.45, 7) is 0. The number of aromatic hydroxyl groups is 1. The lowest BCUT2D eigenvalue weighted by molar-refractivity contribution is -0.384. The first-order chi connectivity index (χ1) is 8.15. The van der Waals surface area contributed by atoms with Crippen LogP contribution in [0.15, 0.2) is 58.3 Å². The zero-order valence-electron chi connectivity index (χ0n) is 8.74. The summed E-state index contributed by atoms with van der Waals surface area (Å²) in [4.78, 5) is 11.9. The average molecular weight is 247 g/mol. The van der Waals surface area contributed by atoms with Gasteiger partial charge in [-0.3, -0.25) is 10.1 Å². The number of benzene rings is 2. The molecular weight excluding hydrogens is 238 g/mol. The molecular formula is C12H9NO3S. The van der Waals surface area contributed by atoms with Gasteiger partial charge in [0.15, 0.2) is 0 Å². The molecule has 2 aromatic carbocycles. The summed E-state index contributed by atoms with van der Waals surface area (Å²) in [5.74, 6) is 0.220. The van der Waals surface area contributed by atoms with Crippen molar-refractivity contribution in [1.82, 2.24) is 0 Å². The Bertz CT molecular complexity index is 522. The van der Waals surface area contributed by atoms with E-state index in [0.717, 1.165) is 9.79 Å². The van der Waals surface area contributed by atoms with E-state index in [1.54, 1.807) is 36.4 Å². The second-order valence-electron chi connectivity index (χ2n) is 3.35. The molecule has 0 aromatic heterocycles. The van der Waals surface area contributed by atoms with Crippen LogP contribution in [0, 0.1) is 10.1 Å². The van der Waals surface area contributed by atoms with Crippen molar-refractivity contribution < 1.29 is 10.0 Å². The van der Waals surface area contributed by atoms with Crippen LogP contribution in [-0.4, -0.2) is 10.0 Å². The molecule has 0 heterocycles. The summed E-state index contributed by atoms with van der Waals surface area (Å²) in [6.07, 6.45) is 0. The van der Waals surface area contributed by atoms with Crippen molar-refractivity contribution in [1.29, 1.82) is 0 Å². The fourth-order valence-corrected chi connectivity index (χ4v) is 2.10. The van der Waals surface area contributed by atoms with Crippen molar-refractivity contribution in [3.8, 4) is 5.75 Å². The Morgan fingerprint density at radius 3 is 1.88 bits per heavy atom. The van der Waals surface area contributed by atoms with Gasteiger partial charge in [-0.2, -0.15) is 0 Å². The van der Waals surface area contributed by atoms with E-state index in [9.17, 15) is 10.1 Å². The molecule has 1 N–H and O–H groups in total. The van der Waals surface area contributed by atoms with E-state index in [1.807, 2.05) is 0 Å². The molecule has 2 rings (SSSR count). The largest absolute Gasteiger partial charge is 0.508 e. The molecule has 17 heavy (non-hydrogen) atoms. The molecule has 4 nitrogen and oxygen atoms in total. The summed E-state index contributed by atoms with van der Waals surface area (Å²) in [5, 5.41) is 19.6. The zero-order valence-corrected chi connectivity index (χ0v) is 9.55. The molecule has 0 bridgehead atoms. The molecule has 86 valence electrons. The number of nitro groups is 1. The fraction of sp³-hybridized carbons (Fsp3) is 0. The summed E-state index contributed by atoms with van der Waals surface area (Å²) >= 11 is 1.48. The van der Waals surface area contributed by atoms with Crippen molar-refractivity contribution in [2.24, 2.45) is 0 Å². The monoisotopic (exact) mass is 247 g/mol.